The van der Waals surface area contributed by atoms with Crippen molar-refractivity contribution in [2.24, 2.45) is 0 Å². The van der Waals surface area contributed by atoms with Gasteiger partial charge in [0.15, 0.2) is 0 Å². The number of rotatable bonds is 1. The first kappa shape index (κ1) is 8.62. The molecule has 0 aliphatic heterocycles. The molecule has 0 unspecified atom stereocenters. The van der Waals surface area contributed by atoms with Crippen LogP contribution in [0.3, 0.4) is 0 Å². The zero-order valence-electron chi connectivity index (χ0n) is 7.69. The summed E-state index contributed by atoms with van der Waals surface area (Å²) in [4.78, 5) is 18.8. The number of aromatic nitrogens is 2. The number of fused-ring (bicyclic) bond motifs is 1. The van der Waals surface area contributed by atoms with E-state index in [9.17, 15) is 4.79 Å². The fourth-order valence-electron chi connectivity index (χ4n) is 1.25. The molecule has 0 aliphatic carbocycles. The topological polar surface area (TPSA) is 54.9 Å². The second kappa shape index (κ2) is 3.41. The average molecular weight is 187 g/mol. The summed E-state index contributed by atoms with van der Waals surface area (Å²) in [6, 6.07) is 5.52. The standard InChI is InChI=1S/C10H9N3O/c1-7(14)13-9-3-2-8-5-11-6-12-10(8)4-9/h2-6H,1H3,(H,13,14). The van der Waals surface area contributed by atoms with E-state index in [1.54, 1.807) is 6.20 Å². The molecular weight excluding hydrogens is 178 g/mol. The summed E-state index contributed by atoms with van der Waals surface area (Å²) >= 11 is 0. The van der Waals surface area contributed by atoms with Gasteiger partial charge in [0.1, 0.15) is 6.33 Å². The molecule has 4 heteroatoms. The number of carbonyl (C=O) groups excluding carboxylic acids is 1. The highest BCUT2D eigenvalue weighted by Crippen LogP contribution is 2.15. The minimum atomic E-state index is -0.0848. The minimum Gasteiger partial charge on any atom is -0.326 e. The van der Waals surface area contributed by atoms with Gasteiger partial charge < -0.3 is 5.32 Å². The van der Waals surface area contributed by atoms with Crippen molar-refractivity contribution in [3.8, 4) is 0 Å². The van der Waals surface area contributed by atoms with Crippen LogP contribution >= 0.6 is 0 Å². The summed E-state index contributed by atoms with van der Waals surface area (Å²) in [6.07, 6.45) is 3.22. The number of nitrogens with one attached hydrogen (secondary N) is 1. The van der Waals surface area contributed by atoms with Crippen LogP contribution < -0.4 is 5.32 Å². The Morgan fingerprint density at radius 3 is 3.07 bits per heavy atom. The molecule has 1 aromatic carbocycles. The number of anilines is 1. The van der Waals surface area contributed by atoms with E-state index >= 15 is 0 Å². The summed E-state index contributed by atoms with van der Waals surface area (Å²) < 4.78 is 0. The fourth-order valence-corrected chi connectivity index (χ4v) is 1.25. The van der Waals surface area contributed by atoms with Gasteiger partial charge in [-0.25, -0.2) is 9.97 Å². The lowest BCUT2D eigenvalue weighted by Crippen LogP contribution is -2.05. The van der Waals surface area contributed by atoms with Gasteiger partial charge in [0, 0.05) is 24.2 Å². The van der Waals surface area contributed by atoms with Gasteiger partial charge in [-0.3, -0.25) is 4.79 Å². The Bertz CT molecular complexity index is 482. The quantitative estimate of drug-likeness (QED) is 0.737. The first-order chi connectivity index (χ1) is 6.75. The number of amides is 1. The van der Waals surface area contributed by atoms with Crippen LogP contribution in [0.5, 0.6) is 0 Å². The van der Waals surface area contributed by atoms with Crippen LogP contribution in [0.15, 0.2) is 30.7 Å². The van der Waals surface area contributed by atoms with Crippen LogP contribution in [0.25, 0.3) is 10.9 Å². The van der Waals surface area contributed by atoms with Crippen LogP contribution in [0, 0.1) is 0 Å². The Labute approximate surface area is 81.0 Å². The molecule has 0 saturated heterocycles. The lowest BCUT2D eigenvalue weighted by molar-refractivity contribution is -0.114. The molecule has 0 spiro atoms. The second-order valence-corrected chi connectivity index (χ2v) is 2.98. The maximum atomic E-state index is 10.8. The van der Waals surface area contributed by atoms with Crippen molar-refractivity contribution in [2.45, 2.75) is 6.92 Å². The van der Waals surface area contributed by atoms with Gasteiger partial charge in [-0.05, 0) is 18.2 Å². The number of hydrogen-bond donors (Lipinski definition) is 1. The fraction of sp³-hybridized carbons (Fsp3) is 0.100. The van der Waals surface area contributed by atoms with Crippen LogP contribution in [-0.2, 0) is 4.79 Å². The van der Waals surface area contributed by atoms with Gasteiger partial charge in [-0.2, -0.15) is 0 Å². The predicted octanol–water partition coefficient (Wildman–Crippen LogP) is 1.59. The molecule has 1 N–H and O–H groups in total. The number of hydrogen-bond acceptors (Lipinski definition) is 3. The smallest absolute Gasteiger partial charge is 0.221 e. The summed E-state index contributed by atoms with van der Waals surface area (Å²) in [5.41, 5.74) is 1.58. The third kappa shape index (κ3) is 1.69. The van der Waals surface area contributed by atoms with E-state index in [2.05, 4.69) is 15.3 Å². The Morgan fingerprint density at radius 2 is 2.29 bits per heavy atom. The highest BCUT2D eigenvalue weighted by Gasteiger charge is 1.98. The lowest BCUT2D eigenvalue weighted by Gasteiger charge is -2.02. The molecule has 0 bridgehead atoms. The lowest BCUT2D eigenvalue weighted by atomic mass is 10.2. The van der Waals surface area contributed by atoms with Crippen molar-refractivity contribution >= 4 is 22.5 Å². The Kier molecular flexibility index (Phi) is 2.10. The van der Waals surface area contributed by atoms with Crippen molar-refractivity contribution in [3.05, 3.63) is 30.7 Å². The van der Waals surface area contributed by atoms with Gasteiger partial charge in [-0.1, -0.05) is 0 Å². The van der Waals surface area contributed by atoms with Gasteiger partial charge >= 0.3 is 0 Å². The summed E-state index contributed by atoms with van der Waals surface area (Å²) in [6.45, 7) is 1.48. The van der Waals surface area contributed by atoms with E-state index in [0.29, 0.717) is 0 Å². The van der Waals surface area contributed by atoms with E-state index in [1.165, 1.54) is 13.3 Å². The van der Waals surface area contributed by atoms with Crippen molar-refractivity contribution in [1.29, 1.82) is 0 Å². The predicted molar refractivity (Wildman–Crippen MR) is 53.8 cm³/mol. The van der Waals surface area contributed by atoms with Crippen molar-refractivity contribution < 1.29 is 4.79 Å². The zero-order valence-corrected chi connectivity index (χ0v) is 7.69. The van der Waals surface area contributed by atoms with E-state index < -0.39 is 0 Å². The molecule has 70 valence electrons. The third-order valence-electron chi connectivity index (χ3n) is 1.83. The van der Waals surface area contributed by atoms with E-state index in [4.69, 9.17) is 0 Å². The SMILES string of the molecule is CC(=O)Nc1ccc2cncnc2c1. The maximum absolute atomic E-state index is 10.8. The molecule has 0 atom stereocenters. The van der Waals surface area contributed by atoms with Crippen molar-refractivity contribution in [3.63, 3.8) is 0 Å². The maximum Gasteiger partial charge on any atom is 0.221 e. The molecule has 0 aliphatic rings. The van der Waals surface area contributed by atoms with Crippen molar-refractivity contribution in [1.82, 2.24) is 9.97 Å². The highest BCUT2D eigenvalue weighted by atomic mass is 16.1. The van der Waals surface area contributed by atoms with Crippen LogP contribution in [0.4, 0.5) is 5.69 Å². The normalized spacial score (nSPS) is 10.1. The first-order valence-corrected chi connectivity index (χ1v) is 4.23. The van der Waals surface area contributed by atoms with Crippen molar-refractivity contribution in [2.75, 3.05) is 5.32 Å². The molecule has 2 rings (SSSR count). The van der Waals surface area contributed by atoms with E-state index in [1.807, 2.05) is 18.2 Å². The molecule has 1 heterocycles. The van der Waals surface area contributed by atoms with Gasteiger partial charge in [0.2, 0.25) is 5.91 Å². The monoisotopic (exact) mass is 187 g/mol. The first-order valence-electron chi connectivity index (χ1n) is 4.23. The minimum absolute atomic E-state index is 0.0848. The summed E-state index contributed by atoms with van der Waals surface area (Å²) in [5.74, 6) is -0.0848. The molecule has 14 heavy (non-hydrogen) atoms. The van der Waals surface area contributed by atoms with Gasteiger partial charge in [0.05, 0.1) is 5.52 Å². The van der Waals surface area contributed by atoms with Gasteiger partial charge in [0.25, 0.3) is 0 Å². The van der Waals surface area contributed by atoms with Crippen LogP contribution in [0.1, 0.15) is 6.92 Å². The summed E-state index contributed by atoms with van der Waals surface area (Å²) in [7, 11) is 0. The van der Waals surface area contributed by atoms with E-state index in [0.717, 1.165) is 16.6 Å². The zero-order chi connectivity index (χ0) is 9.97. The number of nitrogens with zero attached hydrogens (tertiary/aromatic N) is 2. The largest absolute Gasteiger partial charge is 0.326 e. The Hall–Kier alpha value is -1.97. The molecule has 0 saturated carbocycles. The molecule has 0 radical (unpaired) electrons. The third-order valence-corrected chi connectivity index (χ3v) is 1.83. The average Bonchev–Trinajstić information content (AvgIpc) is 2.17. The second-order valence-electron chi connectivity index (χ2n) is 2.98. The molecule has 1 amide bonds. The molecule has 0 fully saturated rings. The van der Waals surface area contributed by atoms with Gasteiger partial charge in [-0.15, -0.1) is 0 Å². The molecule has 1 aromatic heterocycles. The highest BCUT2D eigenvalue weighted by molar-refractivity contribution is 5.91. The number of carbonyl (C=O) groups is 1. The van der Waals surface area contributed by atoms with E-state index in [-0.39, 0.29) is 5.91 Å². The molecule has 2 aromatic rings. The molecule has 4 nitrogen and oxygen atoms in total. The van der Waals surface area contributed by atoms with Crippen LogP contribution in [0.2, 0.25) is 0 Å². The summed E-state index contributed by atoms with van der Waals surface area (Å²) in [5, 5.41) is 3.66. The Morgan fingerprint density at radius 1 is 1.43 bits per heavy atom. The molecular formula is C10H9N3O. The Balaban J connectivity index is 2.46. The number of benzene rings is 1. The van der Waals surface area contributed by atoms with Crippen LogP contribution in [-0.4, -0.2) is 15.9 Å².